The maximum Gasteiger partial charge on any atom is 0.228 e. The Balaban J connectivity index is 1.63. The lowest BCUT2D eigenvalue weighted by atomic mass is 10.1. The van der Waals surface area contributed by atoms with Crippen molar-refractivity contribution in [2.24, 2.45) is 0 Å². The van der Waals surface area contributed by atoms with Crippen LogP contribution in [-0.4, -0.2) is 22.4 Å². The van der Waals surface area contributed by atoms with E-state index in [0.29, 0.717) is 6.42 Å². The minimum atomic E-state index is 0.0490. The number of hydrogen-bond donors (Lipinski definition) is 1. The summed E-state index contributed by atoms with van der Waals surface area (Å²) in [6, 6.07) is 12.0. The van der Waals surface area contributed by atoms with Crippen LogP contribution in [0.3, 0.4) is 0 Å². The van der Waals surface area contributed by atoms with E-state index < -0.39 is 0 Å². The average molecular weight is 335 g/mol. The summed E-state index contributed by atoms with van der Waals surface area (Å²) in [7, 11) is 1.67. The van der Waals surface area contributed by atoms with E-state index in [2.05, 4.69) is 15.8 Å². The fourth-order valence-corrected chi connectivity index (χ4v) is 4.17. The minimum Gasteiger partial charge on any atom is -0.497 e. The molecule has 0 atom stereocenters. The number of benzene rings is 2. The molecule has 24 heavy (non-hydrogen) atoms. The second-order valence-electron chi connectivity index (χ2n) is 5.81. The van der Waals surface area contributed by atoms with Gasteiger partial charge in [-0.1, -0.05) is 17.4 Å². The highest BCUT2D eigenvalue weighted by molar-refractivity contribution is 7.23. The van der Waals surface area contributed by atoms with Gasteiger partial charge in [0.1, 0.15) is 5.75 Å². The molecule has 0 fully saturated rings. The number of carbonyl (C=O) groups excluding carboxylic acids is 1. The van der Waals surface area contributed by atoms with Gasteiger partial charge in [-0.25, -0.2) is 4.98 Å². The van der Waals surface area contributed by atoms with Gasteiger partial charge in [-0.3, -0.25) is 9.20 Å². The van der Waals surface area contributed by atoms with E-state index in [1.165, 1.54) is 0 Å². The third-order valence-electron chi connectivity index (χ3n) is 4.33. The molecule has 5 nitrogen and oxygen atoms in total. The summed E-state index contributed by atoms with van der Waals surface area (Å²) in [4.78, 5) is 17.2. The molecule has 0 unspecified atom stereocenters. The second-order valence-corrected chi connectivity index (χ2v) is 6.82. The van der Waals surface area contributed by atoms with Crippen LogP contribution in [-0.2, 0) is 11.2 Å². The van der Waals surface area contributed by atoms with E-state index in [4.69, 9.17) is 9.72 Å². The third kappa shape index (κ3) is 1.93. The first kappa shape index (κ1) is 13.6. The van der Waals surface area contributed by atoms with Crippen molar-refractivity contribution >= 4 is 38.1 Å². The topological polar surface area (TPSA) is 55.6 Å². The molecule has 6 heteroatoms. The van der Waals surface area contributed by atoms with Gasteiger partial charge in [0.25, 0.3) is 0 Å². The fourth-order valence-electron chi connectivity index (χ4n) is 3.14. The zero-order valence-corrected chi connectivity index (χ0v) is 13.7. The fraction of sp³-hybridized carbons (Fsp3) is 0.111. The third-order valence-corrected chi connectivity index (χ3v) is 5.34. The average Bonchev–Trinajstić information content (AvgIpc) is 3.24. The van der Waals surface area contributed by atoms with Crippen molar-refractivity contribution in [1.29, 1.82) is 0 Å². The highest BCUT2D eigenvalue weighted by Gasteiger charge is 2.19. The van der Waals surface area contributed by atoms with Crippen molar-refractivity contribution in [3.05, 3.63) is 48.2 Å². The molecule has 0 saturated carbocycles. The molecule has 3 heterocycles. The Morgan fingerprint density at radius 2 is 2.17 bits per heavy atom. The quantitative estimate of drug-likeness (QED) is 0.607. The Morgan fingerprint density at radius 3 is 3.04 bits per heavy atom. The Morgan fingerprint density at radius 1 is 1.25 bits per heavy atom. The number of nitrogens with one attached hydrogen (secondary N) is 1. The van der Waals surface area contributed by atoms with Crippen LogP contribution >= 0.6 is 11.3 Å². The number of fused-ring (bicyclic) bond motifs is 4. The van der Waals surface area contributed by atoms with Crippen LogP contribution in [0.15, 0.2) is 42.6 Å². The van der Waals surface area contributed by atoms with Crippen LogP contribution in [0.5, 0.6) is 5.75 Å². The maximum atomic E-state index is 11.5. The molecule has 1 amide bonds. The Bertz CT molecular complexity index is 1130. The number of rotatable bonds is 2. The predicted octanol–water partition coefficient (Wildman–Crippen LogP) is 3.72. The first-order valence-corrected chi connectivity index (χ1v) is 8.42. The van der Waals surface area contributed by atoms with E-state index in [0.717, 1.165) is 43.4 Å². The van der Waals surface area contributed by atoms with Gasteiger partial charge < -0.3 is 10.1 Å². The lowest BCUT2D eigenvalue weighted by Gasteiger charge is -2.01. The van der Waals surface area contributed by atoms with E-state index in [-0.39, 0.29) is 5.91 Å². The van der Waals surface area contributed by atoms with Crippen molar-refractivity contribution in [3.8, 4) is 17.0 Å². The van der Waals surface area contributed by atoms with Crippen molar-refractivity contribution in [3.63, 3.8) is 0 Å². The monoisotopic (exact) mass is 335 g/mol. The van der Waals surface area contributed by atoms with Gasteiger partial charge in [-0.05, 0) is 35.9 Å². The summed E-state index contributed by atoms with van der Waals surface area (Å²) >= 11 is 1.64. The number of carbonyl (C=O) groups is 1. The molecule has 0 radical (unpaired) electrons. The van der Waals surface area contributed by atoms with Crippen LogP contribution in [0.4, 0.5) is 5.69 Å². The van der Waals surface area contributed by atoms with Gasteiger partial charge in [0.05, 0.1) is 29.4 Å². The normalized spacial score (nSPS) is 13.5. The number of thiazole rings is 1. The van der Waals surface area contributed by atoms with Crippen LogP contribution in [0.2, 0.25) is 0 Å². The number of anilines is 1. The smallest absolute Gasteiger partial charge is 0.228 e. The van der Waals surface area contributed by atoms with Crippen LogP contribution < -0.4 is 10.1 Å². The molecule has 118 valence electrons. The van der Waals surface area contributed by atoms with E-state index >= 15 is 0 Å². The zero-order valence-electron chi connectivity index (χ0n) is 12.9. The molecule has 2 aromatic heterocycles. The Hall–Kier alpha value is -2.86. The van der Waals surface area contributed by atoms with Crippen LogP contribution in [0.1, 0.15) is 5.56 Å². The number of ether oxygens (including phenoxy) is 1. The summed E-state index contributed by atoms with van der Waals surface area (Å²) in [5.74, 6) is 0.899. The molecule has 2 aromatic carbocycles. The summed E-state index contributed by atoms with van der Waals surface area (Å²) in [6.45, 7) is 0. The lowest BCUT2D eigenvalue weighted by molar-refractivity contribution is -0.115. The second kappa shape index (κ2) is 4.82. The first-order chi connectivity index (χ1) is 11.7. The first-order valence-electron chi connectivity index (χ1n) is 7.60. The molecule has 1 aliphatic heterocycles. The zero-order chi connectivity index (χ0) is 16.3. The highest BCUT2D eigenvalue weighted by atomic mass is 32.1. The van der Waals surface area contributed by atoms with Crippen molar-refractivity contribution in [1.82, 2.24) is 9.38 Å². The number of nitrogens with zero attached hydrogens (tertiary/aromatic N) is 2. The maximum absolute atomic E-state index is 11.5. The van der Waals surface area contributed by atoms with Crippen molar-refractivity contribution in [2.75, 3.05) is 12.4 Å². The van der Waals surface area contributed by atoms with Crippen molar-refractivity contribution in [2.45, 2.75) is 6.42 Å². The Labute approximate surface area is 141 Å². The van der Waals surface area contributed by atoms with Gasteiger partial charge in [0.2, 0.25) is 5.91 Å². The number of imidazole rings is 1. The molecular weight excluding hydrogens is 322 g/mol. The van der Waals surface area contributed by atoms with Gasteiger partial charge in [-0.2, -0.15) is 0 Å². The number of hydrogen-bond acceptors (Lipinski definition) is 4. The van der Waals surface area contributed by atoms with E-state index in [1.807, 2.05) is 36.5 Å². The Kier molecular flexibility index (Phi) is 2.72. The summed E-state index contributed by atoms with van der Waals surface area (Å²) in [5.41, 5.74) is 5.00. The van der Waals surface area contributed by atoms with Gasteiger partial charge >= 0.3 is 0 Å². The van der Waals surface area contributed by atoms with Crippen LogP contribution in [0.25, 0.3) is 26.4 Å². The SMILES string of the molecule is COc1ccc2c(c1)sc1nc(-c3ccc4c(c3)CC(=O)N4)cn12. The molecule has 0 aliphatic carbocycles. The molecule has 1 aliphatic rings. The molecule has 4 aromatic rings. The summed E-state index contributed by atoms with van der Waals surface area (Å²) < 4.78 is 8.53. The molecule has 0 saturated heterocycles. The number of methoxy groups -OCH3 is 1. The number of aromatic nitrogens is 2. The molecule has 1 N–H and O–H groups in total. The molecule has 0 spiro atoms. The minimum absolute atomic E-state index is 0.0490. The largest absolute Gasteiger partial charge is 0.497 e. The van der Waals surface area contributed by atoms with Crippen molar-refractivity contribution < 1.29 is 9.53 Å². The summed E-state index contributed by atoms with van der Waals surface area (Å²) in [6.07, 6.45) is 2.49. The van der Waals surface area contributed by atoms with Gasteiger partial charge in [-0.15, -0.1) is 0 Å². The van der Waals surface area contributed by atoms with E-state index in [1.54, 1.807) is 18.4 Å². The van der Waals surface area contributed by atoms with Gasteiger partial charge in [0, 0.05) is 17.4 Å². The number of amides is 1. The lowest BCUT2D eigenvalue weighted by Crippen LogP contribution is -2.03. The highest BCUT2D eigenvalue weighted by Crippen LogP contribution is 2.33. The molecular formula is C18H13N3O2S. The molecule has 5 rings (SSSR count). The summed E-state index contributed by atoms with van der Waals surface area (Å²) in [5, 5.41) is 2.86. The van der Waals surface area contributed by atoms with E-state index in [9.17, 15) is 4.79 Å². The molecule has 0 bridgehead atoms. The van der Waals surface area contributed by atoms with Crippen LogP contribution in [0, 0.1) is 0 Å². The van der Waals surface area contributed by atoms with Gasteiger partial charge in [0.15, 0.2) is 4.96 Å². The standard InChI is InChI=1S/C18H13N3O2S/c1-23-12-3-5-15-16(8-12)24-18-20-14(9-21(15)18)10-2-4-13-11(6-10)7-17(22)19-13/h2-6,8-9H,7H2,1H3,(H,19,22). The predicted molar refractivity (Wildman–Crippen MR) is 94.9 cm³/mol.